The number of benzene rings is 3. The summed E-state index contributed by atoms with van der Waals surface area (Å²) < 4.78 is 5.29. The molecule has 1 aliphatic rings. The summed E-state index contributed by atoms with van der Waals surface area (Å²) in [6, 6.07) is 24.5. The van der Waals surface area contributed by atoms with E-state index in [4.69, 9.17) is 4.74 Å². The Hall–Kier alpha value is -5.05. The highest BCUT2D eigenvalue weighted by Crippen LogP contribution is 2.27. The predicted molar refractivity (Wildman–Crippen MR) is 170 cm³/mol. The molecule has 3 atom stereocenters. The zero-order valence-corrected chi connectivity index (χ0v) is 25.2. The quantitative estimate of drug-likeness (QED) is 0.140. The van der Waals surface area contributed by atoms with Crippen molar-refractivity contribution in [3.63, 3.8) is 0 Å². The number of hydrogen-bond acceptors (Lipinski definition) is 6. The van der Waals surface area contributed by atoms with Gasteiger partial charge in [0.05, 0.1) is 18.8 Å². The van der Waals surface area contributed by atoms with Gasteiger partial charge in [0.2, 0.25) is 11.7 Å². The zero-order chi connectivity index (χ0) is 31.8. The van der Waals surface area contributed by atoms with E-state index in [2.05, 4.69) is 15.6 Å². The van der Waals surface area contributed by atoms with E-state index in [0.29, 0.717) is 30.7 Å². The third-order valence-electron chi connectivity index (χ3n) is 8.36. The minimum Gasteiger partial charge on any atom is -0.497 e. The van der Waals surface area contributed by atoms with Crippen LogP contribution in [0.25, 0.3) is 10.9 Å². The van der Waals surface area contributed by atoms with Crippen molar-refractivity contribution in [2.24, 2.45) is 11.8 Å². The van der Waals surface area contributed by atoms with Crippen molar-refractivity contribution >= 4 is 40.1 Å². The molecule has 9 nitrogen and oxygen atoms in total. The lowest BCUT2D eigenvalue weighted by molar-refractivity contribution is -0.141. The molecule has 0 radical (unpaired) electrons. The number of carbonyl (C=O) groups excluding carboxylic acids is 5. The number of H-pyrrole nitrogens is 1. The first kappa shape index (κ1) is 31.4. The summed E-state index contributed by atoms with van der Waals surface area (Å²) in [5.41, 5.74) is 2.79. The summed E-state index contributed by atoms with van der Waals surface area (Å²) in [5.74, 6) is -3.00. The van der Waals surface area contributed by atoms with Crippen molar-refractivity contribution in [1.82, 2.24) is 15.6 Å². The number of amides is 2. The smallest absolute Gasteiger partial charge is 0.289 e. The van der Waals surface area contributed by atoms with Gasteiger partial charge >= 0.3 is 0 Å². The lowest BCUT2D eigenvalue weighted by atomic mass is 9.90. The number of rotatable bonds is 14. The van der Waals surface area contributed by atoms with E-state index in [1.165, 1.54) is 0 Å². The Kier molecular flexibility index (Phi) is 10.2. The van der Waals surface area contributed by atoms with Crippen molar-refractivity contribution in [2.45, 2.75) is 51.1 Å². The fourth-order valence-electron chi connectivity index (χ4n) is 5.84. The van der Waals surface area contributed by atoms with Crippen molar-refractivity contribution in [3.8, 4) is 5.75 Å². The number of fused-ring (bicyclic) bond motifs is 1. The lowest BCUT2D eigenvalue weighted by Gasteiger charge is -2.23. The molecule has 1 aliphatic carbocycles. The minimum atomic E-state index is -1.20. The number of hydrogen-bond donors (Lipinski definition) is 3. The first-order valence-corrected chi connectivity index (χ1v) is 15.2. The van der Waals surface area contributed by atoms with Crippen LogP contribution in [0.4, 0.5) is 0 Å². The first-order valence-electron chi connectivity index (χ1n) is 15.2. The molecule has 45 heavy (non-hydrogen) atoms. The second kappa shape index (κ2) is 14.6. The molecular formula is C36H37N3O6. The minimum absolute atomic E-state index is 0.0261. The summed E-state index contributed by atoms with van der Waals surface area (Å²) >= 11 is 0. The van der Waals surface area contributed by atoms with Gasteiger partial charge in [-0.3, -0.25) is 24.0 Å². The van der Waals surface area contributed by atoms with Crippen LogP contribution in [0.5, 0.6) is 5.75 Å². The molecule has 1 heterocycles. The van der Waals surface area contributed by atoms with Crippen molar-refractivity contribution in [3.05, 3.63) is 102 Å². The molecule has 4 aromatic rings. The molecule has 1 saturated carbocycles. The number of ketones is 3. The molecule has 0 unspecified atom stereocenters. The SMILES string of the molecule is COc1ccc2[nH]c(C(=O)C[C@@H](Cc3ccccc3)C(=O)N[C@@H](C[C@@H]3CCCC3=O)C(=O)C(=O)NCc3ccccc3)cc2c1. The van der Waals surface area contributed by atoms with Crippen molar-refractivity contribution in [2.75, 3.05) is 7.11 Å². The Morgan fingerprint density at radius 3 is 2.31 bits per heavy atom. The van der Waals surface area contributed by atoms with Gasteiger partial charge in [0.1, 0.15) is 11.5 Å². The van der Waals surface area contributed by atoms with Gasteiger partial charge in [-0.15, -0.1) is 0 Å². The molecular weight excluding hydrogens is 570 g/mol. The number of aromatic nitrogens is 1. The van der Waals surface area contributed by atoms with Gasteiger partial charge in [-0.05, 0) is 61.1 Å². The van der Waals surface area contributed by atoms with Crippen LogP contribution in [0.1, 0.15) is 53.7 Å². The number of methoxy groups -OCH3 is 1. The monoisotopic (exact) mass is 607 g/mol. The van der Waals surface area contributed by atoms with Crippen molar-refractivity contribution in [1.29, 1.82) is 0 Å². The molecule has 9 heteroatoms. The highest BCUT2D eigenvalue weighted by atomic mass is 16.5. The van der Waals surface area contributed by atoms with Gasteiger partial charge in [-0.1, -0.05) is 60.7 Å². The van der Waals surface area contributed by atoms with Crippen LogP contribution in [-0.4, -0.2) is 47.3 Å². The molecule has 232 valence electrons. The Bertz CT molecular complexity index is 1680. The number of nitrogens with one attached hydrogen (secondary N) is 3. The van der Waals surface area contributed by atoms with E-state index in [1.54, 1.807) is 19.2 Å². The number of aromatic amines is 1. The van der Waals surface area contributed by atoms with Gasteiger partial charge in [0.15, 0.2) is 5.78 Å². The summed E-state index contributed by atoms with van der Waals surface area (Å²) in [5, 5.41) is 6.22. The summed E-state index contributed by atoms with van der Waals surface area (Å²) in [6.07, 6.45) is 1.88. The van der Waals surface area contributed by atoms with Gasteiger partial charge in [-0.25, -0.2) is 0 Å². The molecule has 0 saturated heterocycles. The van der Waals surface area contributed by atoms with E-state index in [9.17, 15) is 24.0 Å². The average molecular weight is 608 g/mol. The maximum Gasteiger partial charge on any atom is 0.289 e. The highest BCUT2D eigenvalue weighted by Gasteiger charge is 2.35. The predicted octanol–water partition coefficient (Wildman–Crippen LogP) is 4.74. The second-order valence-corrected chi connectivity index (χ2v) is 11.5. The molecule has 1 fully saturated rings. The summed E-state index contributed by atoms with van der Waals surface area (Å²) in [6.45, 7) is 0.149. The molecule has 5 rings (SSSR count). The normalized spacial score (nSPS) is 15.8. The van der Waals surface area contributed by atoms with E-state index >= 15 is 0 Å². The fourth-order valence-corrected chi connectivity index (χ4v) is 5.84. The lowest BCUT2D eigenvalue weighted by Crippen LogP contribution is -2.50. The van der Waals surface area contributed by atoms with Gasteiger partial charge < -0.3 is 20.4 Å². The van der Waals surface area contributed by atoms with Crippen molar-refractivity contribution < 1.29 is 28.7 Å². The van der Waals surface area contributed by atoms with Gasteiger partial charge in [0, 0.05) is 42.1 Å². The Morgan fingerprint density at radius 1 is 0.933 bits per heavy atom. The highest BCUT2D eigenvalue weighted by molar-refractivity contribution is 6.38. The Labute approximate surface area is 261 Å². The first-order chi connectivity index (χ1) is 21.8. The van der Waals surface area contributed by atoms with E-state index < -0.39 is 35.5 Å². The molecule has 0 aliphatic heterocycles. The maximum absolute atomic E-state index is 13.9. The van der Waals surface area contributed by atoms with Crippen LogP contribution in [0.2, 0.25) is 0 Å². The summed E-state index contributed by atoms with van der Waals surface area (Å²) in [7, 11) is 1.57. The number of carbonyl (C=O) groups is 5. The van der Waals surface area contributed by atoms with E-state index in [-0.39, 0.29) is 37.4 Å². The third-order valence-corrected chi connectivity index (χ3v) is 8.36. The van der Waals surface area contributed by atoms with Gasteiger partial charge in [0.25, 0.3) is 5.91 Å². The fraction of sp³-hybridized carbons (Fsp3) is 0.306. The average Bonchev–Trinajstić information content (AvgIpc) is 3.68. The van der Waals surface area contributed by atoms with Crippen LogP contribution in [-0.2, 0) is 32.1 Å². The Balaban J connectivity index is 1.35. The van der Waals surface area contributed by atoms with E-state index in [1.807, 2.05) is 72.8 Å². The second-order valence-electron chi connectivity index (χ2n) is 11.5. The largest absolute Gasteiger partial charge is 0.497 e. The number of Topliss-reactive ketones (excluding diaryl/α,β-unsaturated/α-hetero) is 3. The molecule has 1 aromatic heterocycles. The molecule has 0 bridgehead atoms. The van der Waals surface area contributed by atoms with Gasteiger partial charge in [-0.2, -0.15) is 0 Å². The topological polar surface area (TPSA) is 134 Å². The third kappa shape index (κ3) is 8.12. The number of ether oxygens (including phenoxy) is 1. The molecule has 3 N–H and O–H groups in total. The van der Waals surface area contributed by atoms with E-state index in [0.717, 1.165) is 22.0 Å². The maximum atomic E-state index is 13.9. The van der Waals surface area contributed by atoms with Crippen LogP contribution in [0.15, 0.2) is 84.9 Å². The molecule has 2 amide bonds. The molecule has 0 spiro atoms. The standard InChI is InChI=1S/C36H37N3O6/c1-45-28-15-16-29-26(18-28)20-30(38-29)33(41)21-27(17-23-9-4-2-5-10-23)35(43)39-31(19-25-13-8-14-32(25)40)34(42)36(44)37-22-24-11-6-3-7-12-24/h2-7,9-12,15-16,18,20,25,27,31,38H,8,13-14,17,19,21-22H2,1H3,(H,37,44)(H,39,43)/t25-,27+,31-/m0/s1. The van der Waals surface area contributed by atoms with Crippen LogP contribution in [0, 0.1) is 11.8 Å². The summed E-state index contributed by atoms with van der Waals surface area (Å²) in [4.78, 5) is 69.5. The van der Waals surface area contributed by atoms with Crippen LogP contribution in [0.3, 0.4) is 0 Å². The van der Waals surface area contributed by atoms with Crippen LogP contribution >= 0.6 is 0 Å². The molecule has 3 aromatic carbocycles. The van der Waals surface area contributed by atoms with Crippen LogP contribution < -0.4 is 15.4 Å². The Morgan fingerprint density at radius 2 is 1.64 bits per heavy atom. The zero-order valence-electron chi connectivity index (χ0n) is 25.2.